The highest BCUT2D eigenvalue weighted by Gasteiger charge is 2.40. The number of fused-ring (bicyclic) bond motifs is 1. The summed E-state index contributed by atoms with van der Waals surface area (Å²) in [6.45, 7) is 0.918. The van der Waals surface area contributed by atoms with E-state index < -0.39 is 0 Å². The van der Waals surface area contributed by atoms with Crippen LogP contribution in [0.2, 0.25) is 0 Å². The maximum atomic E-state index is 3.93. The molecule has 3 heteroatoms. The third-order valence-electron chi connectivity index (χ3n) is 3.48. The van der Waals surface area contributed by atoms with Crippen LogP contribution in [0.25, 0.3) is 0 Å². The molecule has 1 heterocycles. The molecule has 1 saturated carbocycles. The van der Waals surface area contributed by atoms with E-state index in [4.69, 9.17) is 0 Å². The van der Waals surface area contributed by atoms with E-state index >= 15 is 0 Å². The summed E-state index contributed by atoms with van der Waals surface area (Å²) in [6.07, 6.45) is 9.14. The normalized spacial score (nSPS) is 34.1. The number of rotatable bonds is 3. The zero-order valence-corrected chi connectivity index (χ0v) is 8.11. The number of allylic oxidation sites excluding steroid dienone is 1. The van der Waals surface area contributed by atoms with Crippen LogP contribution >= 0.6 is 0 Å². The molecule has 1 fully saturated rings. The molecule has 14 heavy (non-hydrogen) atoms. The molecule has 3 atom stereocenters. The Kier molecular flexibility index (Phi) is 1.91. The summed E-state index contributed by atoms with van der Waals surface area (Å²) in [4.78, 5) is 0. The first-order valence-electron chi connectivity index (χ1n) is 5.32. The van der Waals surface area contributed by atoms with Crippen molar-refractivity contribution in [1.29, 1.82) is 0 Å². The van der Waals surface area contributed by atoms with Gasteiger partial charge in [0.15, 0.2) is 0 Å². The van der Waals surface area contributed by atoms with Gasteiger partial charge in [-0.25, -0.2) is 0 Å². The highest BCUT2D eigenvalue weighted by molar-refractivity contribution is 5.13. The molecule has 0 saturated heterocycles. The molecule has 0 radical (unpaired) electrons. The predicted octanol–water partition coefficient (Wildman–Crippen LogP) is 1.46. The Morgan fingerprint density at radius 1 is 1.57 bits per heavy atom. The van der Waals surface area contributed by atoms with Gasteiger partial charge in [-0.2, -0.15) is 5.10 Å². The van der Waals surface area contributed by atoms with Gasteiger partial charge in [-0.05, 0) is 30.7 Å². The molecule has 0 aromatic carbocycles. The van der Waals surface area contributed by atoms with Crippen LogP contribution in [0.15, 0.2) is 24.4 Å². The lowest BCUT2D eigenvalue weighted by atomic mass is 9.71. The summed E-state index contributed by atoms with van der Waals surface area (Å²) in [5.74, 6) is 1.74. The van der Waals surface area contributed by atoms with Crippen molar-refractivity contribution in [3.63, 3.8) is 0 Å². The number of hydrogen-bond donors (Lipinski definition) is 2. The Labute approximate surface area is 83.6 Å². The van der Waals surface area contributed by atoms with Crippen molar-refractivity contribution >= 4 is 0 Å². The first-order valence-corrected chi connectivity index (χ1v) is 5.32. The third kappa shape index (κ3) is 1.28. The summed E-state index contributed by atoms with van der Waals surface area (Å²) in [6, 6.07) is 2.72. The molecule has 1 aromatic rings. The van der Waals surface area contributed by atoms with Crippen LogP contribution in [0.1, 0.15) is 18.5 Å². The molecule has 74 valence electrons. The van der Waals surface area contributed by atoms with Gasteiger partial charge < -0.3 is 5.32 Å². The minimum Gasteiger partial charge on any atom is -0.308 e. The third-order valence-corrected chi connectivity index (χ3v) is 3.48. The summed E-state index contributed by atoms with van der Waals surface area (Å²) in [5, 5.41) is 10.5. The Bertz CT molecular complexity index is 328. The van der Waals surface area contributed by atoms with E-state index in [-0.39, 0.29) is 0 Å². The topological polar surface area (TPSA) is 40.7 Å². The van der Waals surface area contributed by atoms with Gasteiger partial charge in [-0.3, -0.25) is 5.10 Å². The average Bonchev–Trinajstić information content (AvgIpc) is 2.76. The van der Waals surface area contributed by atoms with Gasteiger partial charge in [0.1, 0.15) is 0 Å². The van der Waals surface area contributed by atoms with Crippen molar-refractivity contribution in [2.45, 2.75) is 25.4 Å². The van der Waals surface area contributed by atoms with Crippen LogP contribution in [0.4, 0.5) is 0 Å². The van der Waals surface area contributed by atoms with E-state index in [0.717, 1.165) is 18.4 Å². The van der Waals surface area contributed by atoms with Crippen LogP contribution in [0, 0.1) is 11.8 Å². The van der Waals surface area contributed by atoms with Gasteiger partial charge >= 0.3 is 0 Å². The fourth-order valence-electron chi connectivity index (χ4n) is 2.57. The number of H-pyrrole nitrogens is 1. The van der Waals surface area contributed by atoms with E-state index in [1.54, 1.807) is 6.20 Å². The molecule has 0 amide bonds. The van der Waals surface area contributed by atoms with Crippen molar-refractivity contribution < 1.29 is 0 Å². The van der Waals surface area contributed by atoms with E-state index in [2.05, 4.69) is 27.7 Å². The fraction of sp³-hybridized carbons (Fsp3) is 0.545. The molecule has 0 spiro atoms. The summed E-state index contributed by atoms with van der Waals surface area (Å²) >= 11 is 0. The van der Waals surface area contributed by atoms with Crippen LogP contribution in [0.5, 0.6) is 0 Å². The molecule has 2 N–H and O–H groups in total. The first-order chi connectivity index (χ1) is 6.93. The lowest BCUT2D eigenvalue weighted by molar-refractivity contribution is 0.162. The second-order valence-corrected chi connectivity index (χ2v) is 4.31. The molecule has 0 bridgehead atoms. The SMILES string of the molecule is C1=CC2C(C1)CC2NCc1ccn[nH]1. The van der Waals surface area contributed by atoms with E-state index in [1.165, 1.54) is 18.5 Å². The van der Waals surface area contributed by atoms with E-state index in [1.807, 2.05) is 6.07 Å². The van der Waals surface area contributed by atoms with Crippen LogP contribution in [-0.4, -0.2) is 16.2 Å². The number of nitrogens with one attached hydrogen (secondary N) is 2. The fourth-order valence-corrected chi connectivity index (χ4v) is 2.57. The molecule has 3 nitrogen and oxygen atoms in total. The van der Waals surface area contributed by atoms with Crippen molar-refractivity contribution in [1.82, 2.24) is 15.5 Å². The number of aromatic nitrogens is 2. The van der Waals surface area contributed by atoms with Gasteiger partial charge in [0.05, 0.1) is 0 Å². The zero-order chi connectivity index (χ0) is 9.38. The molecule has 2 aliphatic rings. The first kappa shape index (κ1) is 8.24. The van der Waals surface area contributed by atoms with Gasteiger partial charge in [-0.1, -0.05) is 12.2 Å². The van der Waals surface area contributed by atoms with Crippen molar-refractivity contribution in [3.05, 3.63) is 30.1 Å². The van der Waals surface area contributed by atoms with Gasteiger partial charge in [0.25, 0.3) is 0 Å². The quantitative estimate of drug-likeness (QED) is 0.707. The molecular weight excluding hydrogens is 174 g/mol. The van der Waals surface area contributed by atoms with Gasteiger partial charge in [0.2, 0.25) is 0 Å². The van der Waals surface area contributed by atoms with Crippen molar-refractivity contribution in [3.8, 4) is 0 Å². The Morgan fingerprint density at radius 2 is 2.57 bits per heavy atom. The lowest BCUT2D eigenvalue weighted by Crippen LogP contribution is -2.47. The predicted molar refractivity (Wildman–Crippen MR) is 54.6 cm³/mol. The second kappa shape index (κ2) is 3.24. The standard InChI is InChI=1S/C11H15N3/c1-2-8-6-11(10(8)3-1)12-7-9-4-5-13-14-9/h1,3-5,8,10-12H,2,6-7H2,(H,13,14). The minimum absolute atomic E-state index is 0.696. The molecule has 3 rings (SSSR count). The van der Waals surface area contributed by atoms with Crippen molar-refractivity contribution in [2.75, 3.05) is 0 Å². The van der Waals surface area contributed by atoms with E-state index in [9.17, 15) is 0 Å². The number of hydrogen-bond acceptors (Lipinski definition) is 2. The lowest BCUT2D eigenvalue weighted by Gasteiger charge is -2.40. The monoisotopic (exact) mass is 189 g/mol. The average molecular weight is 189 g/mol. The Balaban J connectivity index is 1.52. The summed E-state index contributed by atoms with van der Waals surface area (Å²) in [7, 11) is 0. The van der Waals surface area contributed by atoms with Crippen LogP contribution < -0.4 is 5.32 Å². The minimum atomic E-state index is 0.696. The highest BCUT2D eigenvalue weighted by Crippen LogP contribution is 2.42. The van der Waals surface area contributed by atoms with E-state index in [0.29, 0.717) is 6.04 Å². The van der Waals surface area contributed by atoms with Crippen LogP contribution in [-0.2, 0) is 6.54 Å². The maximum absolute atomic E-state index is 3.93. The molecular formula is C11H15N3. The van der Waals surface area contributed by atoms with Gasteiger partial charge in [0, 0.05) is 24.5 Å². The smallest absolute Gasteiger partial charge is 0.0490 e. The molecule has 2 aliphatic carbocycles. The largest absolute Gasteiger partial charge is 0.308 e. The molecule has 3 unspecified atom stereocenters. The van der Waals surface area contributed by atoms with Crippen LogP contribution in [0.3, 0.4) is 0 Å². The Hall–Kier alpha value is -1.09. The number of nitrogens with zero attached hydrogens (tertiary/aromatic N) is 1. The number of aromatic amines is 1. The second-order valence-electron chi connectivity index (χ2n) is 4.31. The highest BCUT2D eigenvalue weighted by atomic mass is 15.1. The van der Waals surface area contributed by atoms with Crippen molar-refractivity contribution in [2.24, 2.45) is 11.8 Å². The zero-order valence-electron chi connectivity index (χ0n) is 8.11. The Morgan fingerprint density at radius 3 is 3.36 bits per heavy atom. The summed E-state index contributed by atoms with van der Waals surface area (Å²) < 4.78 is 0. The van der Waals surface area contributed by atoms with Gasteiger partial charge in [-0.15, -0.1) is 0 Å². The molecule has 1 aromatic heterocycles. The molecule has 0 aliphatic heterocycles. The maximum Gasteiger partial charge on any atom is 0.0490 e. The summed E-state index contributed by atoms with van der Waals surface area (Å²) in [5.41, 5.74) is 1.18.